The Bertz CT molecular complexity index is 867. The quantitative estimate of drug-likeness (QED) is 0.784. The van der Waals surface area contributed by atoms with Gasteiger partial charge in [-0.3, -0.25) is 4.79 Å². The van der Waals surface area contributed by atoms with E-state index in [1.54, 1.807) is 17.0 Å². The fraction of sp³-hybridized carbons (Fsp3) is 0.333. The first-order valence-electron chi connectivity index (χ1n) is 9.47. The van der Waals surface area contributed by atoms with Crippen LogP contribution < -0.4 is 15.5 Å². The Morgan fingerprint density at radius 1 is 1.03 bits per heavy atom. The van der Waals surface area contributed by atoms with Crippen LogP contribution in [-0.2, 0) is 11.3 Å². The highest BCUT2D eigenvalue weighted by atomic mass is 35.5. The number of carbonyl (C=O) groups is 2. The summed E-state index contributed by atoms with van der Waals surface area (Å²) in [5.41, 5.74) is 3.01. The molecule has 0 atom stereocenters. The van der Waals surface area contributed by atoms with Crippen molar-refractivity contribution >= 4 is 29.2 Å². The molecule has 0 saturated carbocycles. The molecule has 1 fully saturated rings. The molecular weight excluding hydrogens is 395 g/mol. The van der Waals surface area contributed by atoms with Gasteiger partial charge in [-0.15, -0.1) is 0 Å². The van der Waals surface area contributed by atoms with Crippen molar-refractivity contribution in [2.75, 3.05) is 37.6 Å². The van der Waals surface area contributed by atoms with Crippen LogP contribution in [-0.4, -0.2) is 49.6 Å². The van der Waals surface area contributed by atoms with Gasteiger partial charge in [-0.25, -0.2) is 9.18 Å². The molecule has 2 aromatic rings. The number of piperazine rings is 1. The van der Waals surface area contributed by atoms with Crippen LogP contribution >= 0.6 is 11.6 Å². The number of rotatable bonds is 5. The molecule has 0 aliphatic carbocycles. The van der Waals surface area contributed by atoms with Gasteiger partial charge < -0.3 is 20.4 Å². The molecule has 154 valence electrons. The molecule has 1 saturated heterocycles. The molecule has 1 heterocycles. The third kappa shape index (κ3) is 5.84. The van der Waals surface area contributed by atoms with Gasteiger partial charge in [0.15, 0.2) is 0 Å². The topological polar surface area (TPSA) is 64.7 Å². The third-order valence-electron chi connectivity index (χ3n) is 4.91. The first kappa shape index (κ1) is 20.9. The van der Waals surface area contributed by atoms with E-state index >= 15 is 0 Å². The van der Waals surface area contributed by atoms with Gasteiger partial charge in [0.2, 0.25) is 5.91 Å². The zero-order valence-corrected chi connectivity index (χ0v) is 17.0. The van der Waals surface area contributed by atoms with E-state index in [9.17, 15) is 14.0 Å². The third-order valence-corrected chi connectivity index (χ3v) is 5.15. The van der Waals surface area contributed by atoms with Gasteiger partial charge in [0.25, 0.3) is 0 Å². The number of hydrogen-bond donors (Lipinski definition) is 2. The molecule has 0 radical (unpaired) electrons. The summed E-state index contributed by atoms with van der Waals surface area (Å²) in [7, 11) is 0. The molecule has 8 heteroatoms. The largest absolute Gasteiger partial charge is 0.368 e. The molecule has 0 bridgehead atoms. The number of nitrogens with zero attached hydrogens (tertiary/aromatic N) is 2. The molecule has 2 N–H and O–H groups in total. The van der Waals surface area contributed by atoms with Crippen LogP contribution in [0.15, 0.2) is 42.5 Å². The number of urea groups is 1. The zero-order chi connectivity index (χ0) is 20.8. The SMILES string of the molecule is Cc1ccc(Cl)cc1N1CCN(C(=O)CNC(=O)NCc2ccc(F)cc2)CC1. The Morgan fingerprint density at radius 3 is 2.41 bits per heavy atom. The van der Waals surface area contributed by atoms with Gasteiger partial charge in [0.05, 0.1) is 6.54 Å². The Morgan fingerprint density at radius 2 is 1.72 bits per heavy atom. The maximum atomic E-state index is 12.9. The standard InChI is InChI=1S/C21H24ClFN4O2/c1-15-2-5-17(22)12-19(15)26-8-10-27(11-9-26)20(28)14-25-21(29)24-13-16-3-6-18(23)7-4-16/h2-7,12H,8-11,13-14H2,1H3,(H2,24,25,29). The highest BCUT2D eigenvalue weighted by Crippen LogP contribution is 2.25. The molecule has 3 rings (SSSR count). The molecular formula is C21H24ClFN4O2. The van der Waals surface area contributed by atoms with Crippen LogP contribution in [0.1, 0.15) is 11.1 Å². The minimum Gasteiger partial charge on any atom is -0.368 e. The summed E-state index contributed by atoms with van der Waals surface area (Å²) in [6.07, 6.45) is 0. The monoisotopic (exact) mass is 418 g/mol. The summed E-state index contributed by atoms with van der Waals surface area (Å²) in [5.74, 6) is -0.446. The van der Waals surface area contributed by atoms with Crippen LogP contribution in [0.5, 0.6) is 0 Å². The summed E-state index contributed by atoms with van der Waals surface area (Å²) in [5, 5.41) is 5.92. The highest BCUT2D eigenvalue weighted by molar-refractivity contribution is 6.30. The van der Waals surface area contributed by atoms with Crippen molar-refractivity contribution in [3.8, 4) is 0 Å². The number of carbonyl (C=O) groups excluding carboxylic acids is 2. The predicted octanol–water partition coefficient (Wildman–Crippen LogP) is 2.94. The average molecular weight is 419 g/mol. The zero-order valence-electron chi connectivity index (χ0n) is 16.3. The van der Waals surface area contributed by atoms with Gasteiger partial charge in [-0.05, 0) is 42.3 Å². The second-order valence-corrected chi connectivity index (χ2v) is 7.40. The first-order chi connectivity index (χ1) is 13.9. The fourth-order valence-electron chi connectivity index (χ4n) is 3.23. The maximum Gasteiger partial charge on any atom is 0.315 e. The number of hydrogen-bond acceptors (Lipinski definition) is 3. The van der Waals surface area contributed by atoms with Gasteiger partial charge in [0.1, 0.15) is 5.82 Å². The fourth-order valence-corrected chi connectivity index (χ4v) is 3.40. The van der Waals surface area contributed by atoms with E-state index in [1.165, 1.54) is 12.1 Å². The highest BCUT2D eigenvalue weighted by Gasteiger charge is 2.22. The van der Waals surface area contributed by atoms with E-state index in [0.717, 1.165) is 16.8 Å². The minimum absolute atomic E-state index is 0.0640. The van der Waals surface area contributed by atoms with E-state index in [2.05, 4.69) is 15.5 Å². The van der Waals surface area contributed by atoms with Gasteiger partial charge in [-0.2, -0.15) is 0 Å². The number of benzene rings is 2. The first-order valence-corrected chi connectivity index (χ1v) is 9.85. The van der Waals surface area contributed by atoms with Crippen molar-refractivity contribution in [1.29, 1.82) is 0 Å². The van der Waals surface area contributed by atoms with E-state index in [1.807, 2.05) is 25.1 Å². The summed E-state index contributed by atoms with van der Waals surface area (Å²) in [4.78, 5) is 28.2. The van der Waals surface area contributed by atoms with Crippen molar-refractivity contribution in [3.63, 3.8) is 0 Å². The summed E-state index contributed by atoms with van der Waals surface area (Å²) in [6.45, 7) is 4.84. The van der Waals surface area contributed by atoms with Crippen LogP contribution in [0.25, 0.3) is 0 Å². The second-order valence-electron chi connectivity index (χ2n) is 6.96. The smallest absolute Gasteiger partial charge is 0.315 e. The van der Waals surface area contributed by atoms with Crippen molar-refractivity contribution in [3.05, 3.63) is 64.4 Å². The lowest BCUT2D eigenvalue weighted by atomic mass is 10.1. The molecule has 1 aliphatic rings. The van der Waals surface area contributed by atoms with Crippen LogP contribution in [0, 0.1) is 12.7 Å². The van der Waals surface area contributed by atoms with E-state index in [4.69, 9.17) is 11.6 Å². The van der Waals surface area contributed by atoms with Gasteiger partial charge in [0, 0.05) is 43.4 Å². The molecule has 1 aliphatic heterocycles. The molecule has 2 aromatic carbocycles. The molecule has 6 nitrogen and oxygen atoms in total. The molecule has 0 spiro atoms. The summed E-state index contributed by atoms with van der Waals surface area (Å²) in [6, 6.07) is 11.2. The van der Waals surface area contributed by atoms with Crippen LogP contribution in [0.3, 0.4) is 0 Å². The predicted molar refractivity (Wildman–Crippen MR) is 112 cm³/mol. The number of halogens is 2. The van der Waals surface area contributed by atoms with Crippen molar-refractivity contribution < 1.29 is 14.0 Å². The number of amides is 3. The van der Waals surface area contributed by atoms with Crippen molar-refractivity contribution in [1.82, 2.24) is 15.5 Å². The molecule has 0 unspecified atom stereocenters. The minimum atomic E-state index is -0.434. The molecule has 29 heavy (non-hydrogen) atoms. The number of anilines is 1. The van der Waals surface area contributed by atoms with E-state index < -0.39 is 6.03 Å². The van der Waals surface area contributed by atoms with Crippen LogP contribution in [0.2, 0.25) is 5.02 Å². The average Bonchev–Trinajstić information content (AvgIpc) is 2.73. The normalized spacial score (nSPS) is 13.9. The second kappa shape index (κ2) is 9.60. The van der Waals surface area contributed by atoms with Gasteiger partial charge >= 0.3 is 6.03 Å². The Hall–Kier alpha value is -2.80. The lowest BCUT2D eigenvalue weighted by Crippen LogP contribution is -2.52. The Labute approximate surface area is 174 Å². The van der Waals surface area contributed by atoms with Crippen molar-refractivity contribution in [2.45, 2.75) is 13.5 Å². The number of aryl methyl sites for hydroxylation is 1. The van der Waals surface area contributed by atoms with Crippen molar-refractivity contribution in [2.24, 2.45) is 0 Å². The molecule has 0 aromatic heterocycles. The maximum absolute atomic E-state index is 12.9. The molecule has 3 amide bonds. The Kier molecular flexibility index (Phi) is 6.93. The number of nitrogens with one attached hydrogen (secondary N) is 2. The van der Waals surface area contributed by atoms with E-state index in [0.29, 0.717) is 31.2 Å². The van der Waals surface area contributed by atoms with Crippen LogP contribution in [0.4, 0.5) is 14.9 Å². The lowest BCUT2D eigenvalue weighted by Gasteiger charge is -2.37. The summed E-state index contributed by atoms with van der Waals surface area (Å²) >= 11 is 6.10. The Balaban J connectivity index is 1.41. The van der Waals surface area contributed by atoms with Gasteiger partial charge in [-0.1, -0.05) is 29.8 Å². The van der Waals surface area contributed by atoms with E-state index in [-0.39, 0.29) is 24.8 Å². The lowest BCUT2D eigenvalue weighted by molar-refractivity contribution is -0.130. The summed E-state index contributed by atoms with van der Waals surface area (Å²) < 4.78 is 12.9.